The van der Waals surface area contributed by atoms with Gasteiger partial charge in [-0.1, -0.05) is 76.2 Å². The van der Waals surface area contributed by atoms with Gasteiger partial charge < -0.3 is 0 Å². The van der Waals surface area contributed by atoms with Crippen LogP contribution in [-0.4, -0.2) is 9.97 Å². The van der Waals surface area contributed by atoms with Crippen molar-refractivity contribution >= 4 is 51.4 Å². The molecule has 0 radical (unpaired) electrons. The summed E-state index contributed by atoms with van der Waals surface area (Å²) in [5.74, 6) is 0. The molecule has 0 saturated heterocycles. The Morgan fingerprint density at radius 1 is 0.568 bits per heavy atom. The van der Waals surface area contributed by atoms with Crippen molar-refractivity contribution in [1.82, 2.24) is 9.97 Å². The largest absolute Gasteiger partial charge is 0.698 e. The Bertz CT molecular complexity index is 1760. The van der Waals surface area contributed by atoms with Crippen LogP contribution in [-0.2, 0) is 52.5 Å². The first kappa shape index (κ1) is 30.7. The lowest BCUT2D eigenvalue weighted by atomic mass is 9.93. The topological polar surface area (TPSA) is 61.3 Å². The van der Waals surface area contributed by atoms with Crippen molar-refractivity contribution in [2.45, 2.75) is 66.6 Å². The van der Waals surface area contributed by atoms with Crippen molar-refractivity contribution < 1.29 is 13.6 Å². The normalized spacial score (nSPS) is 11.5. The molecule has 5 nitrogen and oxygen atoms in total. The number of hydrogen-bond acceptors (Lipinski definition) is 7. The molecule has 0 atom stereocenters. The lowest BCUT2D eigenvalue weighted by molar-refractivity contribution is 0.212. The average Bonchev–Trinajstić information content (AvgIpc) is 3.69. The molecule has 0 aliphatic rings. The molecule has 6 aromatic rings. The van der Waals surface area contributed by atoms with Gasteiger partial charge in [-0.25, -0.2) is 9.97 Å². The monoisotopic (exact) mass is 639 g/mol. The fourth-order valence-corrected chi connectivity index (χ4v) is 8.70. The molecule has 0 spiro atoms. The third-order valence-electron chi connectivity index (χ3n) is 8.17. The molecular weight excluding hydrogens is 604 g/mol. The number of hydrogen-bond donors (Lipinski definition) is 0. The second-order valence-corrected chi connectivity index (χ2v) is 13.6. The molecule has 0 saturated carbocycles. The molecule has 0 fully saturated rings. The molecule has 44 heavy (non-hydrogen) atoms. The van der Waals surface area contributed by atoms with E-state index < -0.39 is 8.25 Å². The van der Waals surface area contributed by atoms with E-state index >= 15 is 0 Å². The van der Waals surface area contributed by atoms with E-state index in [1.165, 1.54) is 42.8 Å². The van der Waals surface area contributed by atoms with Crippen molar-refractivity contribution in [3.8, 4) is 21.1 Å². The zero-order valence-corrected chi connectivity index (χ0v) is 28.1. The van der Waals surface area contributed by atoms with E-state index in [-0.39, 0.29) is 13.2 Å². The molecule has 0 unspecified atom stereocenters. The minimum absolute atomic E-state index is 0.239. The number of benzene rings is 4. The summed E-state index contributed by atoms with van der Waals surface area (Å²) in [6.07, 6.45) is 3.49. The Hall–Kier alpha value is -3.32. The maximum Gasteiger partial charge on any atom is 0.698 e. The van der Waals surface area contributed by atoms with Gasteiger partial charge in [0.15, 0.2) is 0 Å². The van der Waals surface area contributed by atoms with Gasteiger partial charge in [-0.15, -0.1) is 31.7 Å². The first-order valence-electron chi connectivity index (χ1n) is 15.3. The first-order chi connectivity index (χ1) is 21.5. The van der Waals surface area contributed by atoms with Crippen LogP contribution < -0.4 is 0 Å². The fourth-order valence-electron chi connectivity index (χ4n) is 6.10. The molecule has 0 aliphatic heterocycles. The van der Waals surface area contributed by atoms with Crippen LogP contribution in [0.1, 0.15) is 61.1 Å². The third kappa shape index (κ3) is 6.13. The summed E-state index contributed by atoms with van der Waals surface area (Å²) >= 11 is 3.44. The number of aromatic nitrogens is 2. The highest BCUT2D eigenvalue weighted by Crippen LogP contribution is 2.38. The molecule has 0 bridgehead atoms. The Kier molecular flexibility index (Phi) is 9.60. The molecule has 2 aromatic heterocycles. The second kappa shape index (κ2) is 13.8. The molecule has 6 rings (SSSR count). The Labute approximate surface area is 267 Å². The maximum atomic E-state index is 13.0. The van der Waals surface area contributed by atoms with Crippen LogP contribution >= 0.6 is 30.9 Å². The number of nitrogens with zero attached hydrogens (tertiary/aromatic N) is 2. The summed E-state index contributed by atoms with van der Waals surface area (Å²) in [6.45, 7) is 9.15. The van der Waals surface area contributed by atoms with Gasteiger partial charge in [0.25, 0.3) is 0 Å². The molecule has 0 aliphatic carbocycles. The SMILES string of the molecule is CCc1c(CO[P+](=O)OCc2ccc(-c3nc4ccccc4s3)c(CC)c2CC)ccc(-c2nc3ccccc3s2)c1CC. The van der Waals surface area contributed by atoms with Crippen molar-refractivity contribution in [2.24, 2.45) is 0 Å². The summed E-state index contributed by atoms with van der Waals surface area (Å²) in [5, 5.41) is 2.07. The maximum absolute atomic E-state index is 13.0. The lowest BCUT2D eigenvalue weighted by Crippen LogP contribution is -2.03. The number of rotatable bonds is 12. The van der Waals surface area contributed by atoms with E-state index in [9.17, 15) is 4.57 Å². The predicted molar refractivity (Wildman–Crippen MR) is 185 cm³/mol. The minimum Gasteiger partial charge on any atom is -0.236 e. The van der Waals surface area contributed by atoms with Gasteiger partial charge in [-0.05, 0) is 83.3 Å². The molecular formula is C36H36N2O3PS2+. The second-order valence-electron chi connectivity index (χ2n) is 10.6. The van der Waals surface area contributed by atoms with E-state index in [4.69, 9.17) is 19.0 Å². The van der Waals surface area contributed by atoms with Crippen molar-refractivity contribution in [2.75, 3.05) is 0 Å². The number of thiazole rings is 2. The van der Waals surface area contributed by atoms with Gasteiger partial charge in [0.2, 0.25) is 0 Å². The molecule has 0 N–H and O–H groups in total. The van der Waals surface area contributed by atoms with Gasteiger partial charge in [0, 0.05) is 15.7 Å². The fraction of sp³-hybridized carbons (Fsp3) is 0.278. The van der Waals surface area contributed by atoms with Crippen LogP contribution in [0.5, 0.6) is 0 Å². The van der Waals surface area contributed by atoms with Crippen molar-refractivity contribution in [1.29, 1.82) is 0 Å². The van der Waals surface area contributed by atoms with E-state index in [1.807, 2.05) is 12.1 Å². The minimum atomic E-state index is -2.29. The summed E-state index contributed by atoms with van der Waals surface area (Å²) in [7, 11) is -2.29. The average molecular weight is 640 g/mol. The summed E-state index contributed by atoms with van der Waals surface area (Å²) < 4.78 is 27.0. The highest BCUT2D eigenvalue weighted by Gasteiger charge is 2.25. The standard InChI is InChI=1S/C36H36N2O3PS2/c1-5-25-23(17-19-29(27(25)7-3)35-37-31-13-9-11-15-33(31)43-35)21-40-42(39)41-22-24-18-20-30(28(8-4)26(24)6-2)36-38-32-14-10-12-16-34(32)44-36/h9-20H,5-8,21-22H2,1-4H3/q+1. The van der Waals surface area contributed by atoms with Gasteiger partial charge in [-0.2, -0.15) is 0 Å². The molecule has 4 aromatic carbocycles. The zero-order chi connectivity index (χ0) is 30.6. The molecule has 2 heterocycles. The molecule has 8 heteroatoms. The highest BCUT2D eigenvalue weighted by molar-refractivity contribution is 7.33. The van der Waals surface area contributed by atoms with Crippen LogP contribution in [0.25, 0.3) is 41.6 Å². The molecule has 224 valence electrons. The summed E-state index contributed by atoms with van der Waals surface area (Å²) in [4.78, 5) is 9.80. The van der Waals surface area contributed by atoms with E-state index in [2.05, 4.69) is 88.4 Å². The third-order valence-corrected chi connectivity index (χ3v) is 11.0. The van der Waals surface area contributed by atoms with Crippen LogP contribution in [0.2, 0.25) is 0 Å². The number of fused-ring (bicyclic) bond motifs is 2. The van der Waals surface area contributed by atoms with Crippen molar-refractivity contribution in [3.05, 3.63) is 106 Å². The van der Waals surface area contributed by atoms with Gasteiger partial charge in [0.05, 0.1) is 20.4 Å². The smallest absolute Gasteiger partial charge is 0.236 e. The van der Waals surface area contributed by atoms with E-state index in [1.54, 1.807) is 22.7 Å². The van der Waals surface area contributed by atoms with Gasteiger partial charge >= 0.3 is 8.25 Å². The van der Waals surface area contributed by atoms with Gasteiger partial charge in [-0.3, -0.25) is 0 Å². The van der Waals surface area contributed by atoms with E-state index in [0.29, 0.717) is 0 Å². The predicted octanol–water partition coefficient (Wildman–Crippen LogP) is 10.9. The van der Waals surface area contributed by atoms with Crippen LogP contribution in [0, 0.1) is 0 Å². The number of para-hydroxylation sites is 2. The molecule has 0 amide bonds. The van der Waals surface area contributed by atoms with Crippen LogP contribution in [0.15, 0.2) is 72.8 Å². The summed E-state index contributed by atoms with van der Waals surface area (Å²) in [5.41, 5.74) is 11.5. The van der Waals surface area contributed by atoms with E-state index in [0.717, 1.165) is 57.9 Å². The lowest BCUT2D eigenvalue weighted by Gasteiger charge is -2.15. The van der Waals surface area contributed by atoms with Gasteiger partial charge in [0.1, 0.15) is 23.2 Å². The highest BCUT2D eigenvalue weighted by atomic mass is 32.1. The Balaban J connectivity index is 1.16. The summed E-state index contributed by atoms with van der Waals surface area (Å²) in [6, 6.07) is 25.0. The Morgan fingerprint density at radius 2 is 0.977 bits per heavy atom. The Morgan fingerprint density at radius 3 is 1.36 bits per heavy atom. The quantitative estimate of drug-likeness (QED) is 0.125. The van der Waals surface area contributed by atoms with Crippen LogP contribution in [0.3, 0.4) is 0 Å². The first-order valence-corrected chi connectivity index (χ1v) is 18.0. The van der Waals surface area contributed by atoms with Crippen LogP contribution in [0.4, 0.5) is 0 Å². The zero-order valence-electron chi connectivity index (χ0n) is 25.6. The van der Waals surface area contributed by atoms with Crippen molar-refractivity contribution in [3.63, 3.8) is 0 Å².